The molecule has 5 nitrogen and oxygen atoms in total. The van der Waals surface area contributed by atoms with Gasteiger partial charge >= 0.3 is 0 Å². The van der Waals surface area contributed by atoms with Gasteiger partial charge in [-0.05, 0) is 49.4 Å². The predicted molar refractivity (Wildman–Crippen MR) is 100 cm³/mol. The van der Waals surface area contributed by atoms with E-state index < -0.39 is 0 Å². The van der Waals surface area contributed by atoms with Crippen LogP contribution in [0.15, 0.2) is 65.4 Å². The monoisotopic (exact) mass is 382 g/mol. The van der Waals surface area contributed by atoms with E-state index in [9.17, 15) is 4.79 Å². The minimum absolute atomic E-state index is 0.168. The maximum absolute atomic E-state index is 11.6. The molecule has 2 aromatic carbocycles. The Morgan fingerprint density at radius 1 is 1.12 bits per heavy atom. The summed E-state index contributed by atoms with van der Waals surface area (Å²) in [5.41, 5.74) is 2.37. The molecule has 0 spiro atoms. The van der Waals surface area contributed by atoms with Crippen molar-refractivity contribution in [1.82, 2.24) is 9.97 Å². The van der Waals surface area contributed by atoms with Crippen molar-refractivity contribution in [3.05, 3.63) is 65.4 Å². The molecule has 0 atom stereocenters. The fourth-order valence-electron chi connectivity index (χ4n) is 2.27. The van der Waals surface area contributed by atoms with Gasteiger partial charge in [0.25, 0.3) is 0 Å². The van der Waals surface area contributed by atoms with Gasteiger partial charge in [-0.1, -0.05) is 28.1 Å². The lowest BCUT2D eigenvalue weighted by Crippen LogP contribution is -2.07. The fraction of sp³-hybridized carbons (Fsp3) is 0.0556. The van der Waals surface area contributed by atoms with Crippen molar-refractivity contribution in [2.45, 2.75) is 6.92 Å². The highest BCUT2D eigenvalue weighted by Crippen LogP contribution is 2.26. The molecular formula is C18H15BrN4O. The highest BCUT2D eigenvalue weighted by atomic mass is 79.9. The minimum atomic E-state index is -0.168. The van der Waals surface area contributed by atoms with Crippen molar-refractivity contribution < 1.29 is 4.79 Å². The number of amides is 1. The van der Waals surface area contributed by atoms with Gasteiger partial charge in [0, 0.05) is 21.2 Å². The van der Waals surface area contributed by atoms with E-state index in [1.54, 1.807) is 13.0 Å². The van der Waals surface area contributed by atoms with E-state index in [0.29, 0.717) is 11.5 Å². The Balaban J connectivity index is 1.91. The topological polar surface area (TPSA) is 66.9 Å². The number of halogens is 1. The van der Waals surface area contributed by atoms with Crippen molar-refractivity contribution in [3.8, 4) is 0 Å². The maximum Gasteiger partial charge on any atom is 0.248 e. The second-order valence-electron chi connectivity index (χ2n) is 5.08. The third-order valence-electron chi connectivity index (χ3n) is 3.31. The molecule has 0 saturated carbocycles. The lowest BCUT2D eigenvalue weighted by Gasteiger charge is -2.10. The third-order valence-corrected chi connectivity index (χ3v) is 3.80. The van der Waals surface area contributed by atoms with Gasteiger partial charge in [0.05, 0.1) is 5.52 Å². The lowest BCUT2D eigenvalue weighted by atomic mass is 10.2. The van der Waals surface area contributed by atoms with Gasteiger partial charge < -0.3 is 10.6 Å². The molecule has 1 amide bonds. The van der Waals surface area contributed by atoms with E-state index in [0.717, 1.165) is 21.1 Å². The molecule has 1 heterocycles. The smallest absolute Gasteiger partial charge is 0.248 e. The molecule has 0 saturated heterocycles. The highest BCUT2D eigenvalue weighted by molar-refractivity contribution is 9.10. The highest BCUT2D eigenvalue weighted by Gasteiger charge is 2.06. The van der Waals surface area contributed by atoms with Crippen molar-refractivity contribution >= 4 is 49.9 Å². The summed E-state index contributed by atoms with van der Waals surface area (Å²) in [5, 5.41) is 6.96. The Bertz CT molecular complexity index is 924. The zero-order valence-corrected chi connectivity index (χ0v) is 14.5. The Morgan fingerprint density at radius 2 is 2.00 bits per heavy atom. The van der Waals surface area contributed by atoms with Crippen LogP contribution in [0.2, 0.25) is 0 Å². The van der Waals surface area contributed by atoms with Crippen LogP contribution in [0, 0.1) is 0 Å². The van der Waals surface area contributed by atoms with Gasteiger partial charge in [-0.15, -0.1) is 0 Å². The Labute approximate surface area is 148 Å². The average Bonchev–Trinajstić information content (AvgIpc) is 2.55. The number of carbonyl (C=O) groups excluding carboxylic acids is 1. The maximum atomic E-state index is 11.6. The summed E-state index contributed by atoms with van der Waals surface area (Å²) in [5.74, 6) is 0.544. The van der Waals surface area contributed by atoms with Gasteiger partial charge in [-0.25, -0.2) is 9.97 Å². The molecule has 0 unspecified atom stereocenters. The number of nitrogens with one attached hydrogen (secondary N) is 2. The van der Waals surface area contributed by atoms with Crippen LogP contribution in [-0.4, -0.2) is 15.9 Å². The summed E-state index contributed by atoms with van der Waals surface area (Å²) in [6, 6.07) is 13.4. The van der Waals surface area contributed by atoms with Gasteiger partial charge in [0.15, 0.2) is 0 Å². The second-order valence-corrected chi connectivity index (χ2v) is 5.99. The number of carbonyl (C=O) groups is 1. The van der Waals surface area contributed by atoms with E-state index in [-0.39, 0.29) is 5.91 Å². The van der Waals surface area contributed by atoms with Crippen molar-refractivity contribution in [2.75, 3.05) is 10.6 Å². The third kappa shape index (κ3) is 3.78. The number of fused-ring (bicyclic) bond motifs is 1. The van der Waals surface area contributed by atoms with E-state index >= 15 is 0 Å². The van der Waals surface area contributed by atoms with Crippen molar-refractivity contribution in [1.29, 1.82) is 0 Å². The number of rotatable bonds is 4. The Morgan fingerprint density at radius 3 is 2.79 bits per heavy atom. The summed E-state index contributed by atoms with van der Waals surface area (Å²) >= 11 is 3.45. The van der Waals surface area contributed by atoms with Crippen LogP contribution in [0.25, 0.3) is 10.9 Å². The zero-order chi connectivity index (χ0) is 16.9. The number of hydrogen-bond donors (Lipinski definition) is 2. The average molecular weight is 383 g/mol. The van der Waals surface area contributed by atoms with Crippen LogP contribution >= 0.6 is 15.9 Å². The van der Waals surface area contributed by atoms with Gasteiger partial charge in [-0.3, -0.25) is 4.79 Å². The molecule has 2 N–H and O–H groups in total. The van der Waals surface area contributed by atoms with Crippen LogP contribution in [0.5, 0.6) is 0 Å². The summed E-state index contributed by atoms with van der Waals surface area (Å²) in [4.78, 5) is 20.2. The standard InChI is InChI=1S/C18H15BrN4O/c1-2-4-17(24)22-14-7-8-15-16(10-14)20-11-21-18(15)23-13-6-3-5-12(19)9-13/h2-11H,1H3,(H,22,24)(H,20,21,23)/b4-2+. The summed E-state index contributed by atoms with van der Waals surface area (Å²) in [6.45, 7) is 1.80. The molecule has 0 aliphatic rings. The predicted octanol–water partition coefficient (Wildman–Crippen LogP) is 4.65. The molecule has 0 radical (unpaired) electrons. The van der Waals surface area contributed by atoms with Crippen LogP contribution in [-0.2, 0) is 4.79 Å². The molecule has 6 heteroatoms. The molecule has 0 fully saturated rings. The van der Waals surface area contributed by atoms with Crippen LogP contribution < -0.4 is 10.6 Å². The SMILES string of the molecule is C/C=C/C(=O)Nc1ccc2c(Nc3cccc(Br)c3)ncnc2c1. The van der Waals surface area contributed by atoms with Gasteiger partial charge in [0.1, 0.15) is 12.1 Å². The van der Waals surface area contributed by atoms with E-state index in [1.807, 2.05) is 42.5 Å². The van der Waals surface area contributed by atoms with E-state index in [2.05, 4.69) is 36.5 Å². The number of aromatic nitrogens is 2. The number of allylic oxidation sites excluding steroid dienone is 1. The fourth-order valence-corrected chi connectivity index (χ4v) is 2.67. The molecule has 24 heavy (non-hydrogen) atoms. The number of benzene rings is 2. The zero-order valence-electron chi connectivity index (χ0n) is 13.0. The first-order valence-electron chi connectivity index (χ1n) is 7.37. The van der Waals surface area contributed by atoms with Crippen molar-refractivity contribution in [3.63, 3.8) is 0 Å². The molecule has 120 valence electrons. The second kappa shape index (κ2) is 7.23. The summed E-state index contributed by atoms with van der Waals surface area (Å²) in [6.07, 6.45) is 4.67. The van der Waals surface area contributed by atoms with Gasteiger partial charge in [0.2, 0.25) is 5.91 Å². The summed E-state index contributed by atoms with van der Waals surface area (Å²) in [7, 11) is 0. The van der Waals surface area contributed by atoms with E-state index in [4.69, 9.17) is 0 Å². The van der Waals surface area contributed by atoms with Crippen LogP contribution in [0.4, 0.5) is 17.2 Å². The minimum Gasteiger partial charge on any atom is -0.340 e. The molecule has 0 aliphatic carbocycles. The normalized spacial score (nSPS) is 10.9. The van der Waals surface area contributed by atoms with E-state index in [1.165, 1.54) is 12.4 Å². The van der Waals surface area contributed by atoms with Gasteiger partial charge in [-0.2, -0.15) is 0 Å². The Kier molecular flexibility index (Phi) is 4.86. The first kappa shape index (κ1) is 16.1. The molecular weight excluding hydrogens is 368 g/mol. The largest absolute Gasteiger partial charge is 0.340 e. The number of hydrogen-bond acceptors (Lipinski definition) is 4. The number of nitrogens with zero attached hydrogens (tertiary/aromatic N) is 2. The first-order valence-corrected chi connectivity index (χ1v) is 8.16. The molecule has 0 bridgehead atoms. The molecule has 3 aromatic rings. The Hall–Kier alpha value is -2.73. The summed E-state index contributed by atoms with van der Waals surface area (Å²) < 4.78 is 0.986. The van der Waals surface area contributed by atoms with Crippen LogP contribution in [0.3, 0.4) is 0 Å². The van der Waals surface area contributed by atoms with Crippen molar-refractivity contribution in [2.24, 2.45) is 0 Å². The molecule has 3 rings (SSSR count). The lowest BCUT2D eigenvalue weighted by molar-refractivity contribution is -0.111. The quantitative estimate of drug-likeness (QED) is 0.644. The molecule has 0 aliphatic heterocycles. The molecule has 1 aromatic heterocycles. The first-order chi connectivity index (χ1) is 11.7. The van der Waals surface area contributed by atoms with Crippen LogP contribution in [0.1, 0.15) is 6.92 Å². The number of anilines is 3.